The van der Waals surface area contributed by atoms with Crippen LogP contribution in [-0.2, 0) is 21.3 Å². The van der Waals surface area contributed by atoms with Crippen molar-refractivity contribution in [3.05, 3.63) is 21.9 Å². The highest BCUT2D eigenvalue weighted by atomic mass is 32.2. The summed E-state index contributed by atoms with van der Waals surface area (Å²) < 4.78 is 31.8. The minimum Gasteiger partial charge on any atom is -0.375 e. The van der Waals surface area contributed by atoms with Gasteiger partial charge in [-0.1, -0.05) is 0 Å². The third kappa shape index (κ3) is 4.76. The largest absolute Gasteiger partial charge is 0.375 e. The van der Waals surface area contributed by atoms with Crippen molar-refractivity contribution in [2.24, 2.45) is 0 Å². The molecule has 23 heavy (non-hydrogen) atoms. The number of piperidine rings is 1. The quantitative estimate of drug-likeness (QED) is 0.896. The van der Waals surface area contributed by atoms with Crippen LogP contribution in [0.2, 0.25) is 0 Å². The van der Waals surface area contributed by atoms with E-state index in [1.54, 1.807) is 0 Å². The summed E-state index contributed by atoms with van der Waals surface area (Å²) in [6.45, 7) is 5.84. The highest BCUT2D eigenvalue weighted by molar-refractivity contribution is 7.88. The third-order valence-electron chi connectivity index (χ3n) is 4.82. The first-order valence-corrected chi connectivity index (χ1v) is 10.9. The van der Waals surface area contributed by atoms with Crippen molar-refractivity contribution in [2.75, 3.05) is 26.0 Å². The maximum atomic E-state index is 11.5. The molecule has 1 aromatic heterocycles. The first-order valence-electron chi connectivity index (χ1n) is 8.23. The smallest absolute Gasteiger partial charge is 0.208 e. The molecule has 1 atom stereocenters. The molecular weight excluding hydrogens is 332 g/mol. The van der Waals surface area contributed by atoms with Gasteiger partial charge in [0.1, 0.15) is 0 Å². The van der Waals surface area contributed by atoms with E-state index in [1.165, 1.54) is 16.0 Å². The fraction of sp³-hybridized carbons (Fsp3) is 0.750. The molecule has 2 saturated heterocycles. The van der Waals surface area contributed by atoms with E-state index in [4.69, 9.17) is 4.74 Å². The SMILES string of the molecule is Cc1ccc(CN2CCC3(CC2)C[C@@H](NS(C)(=O)=O)CCO3)s1. The monoisotopic (exact) mass is 358 g/mol. The summed E-state index contributed by atoms with van der Waals surface area (Å²) in [5.74, 6) is 0. The maximum Gasteiger partial charge on any atom is 0.208 e. The Bertz CT molecular complexity index is 634. The van der Waals surface area contributed by atoms with Crippen LogP contribution in [0.1, 0.15) is 35.4 Å². The lowest BCUT2D eigenvalue weighted by Crippen LogP contribution is -2.53. The lowest BCUT2D eigenvalue weighted by atomic mass is 9.82. The highest BCUT2D eigenvalue weighted by Gasteiger charge is 2.40. The molecule has 2 aliphatic heterocycles. The Hall–Kier alpha value is -0.470. The summed E-state index contributed by atoms with van der Waals surface area (Å²) >= 11 is 1.87. The lowest BCUT2D eigenvalue weighted by molar-refractivity contribution is -0.118. The summed E-state index contributed by atoms with van der Waals surface area (Å²) in [4.78, 5) is 5.26. The molecule has 0 aromatic carbocycles. The first kappa shape index (κ1) is 17.4. The molecule has 0 aliphatic carbocycles. The van der Waals surface area contributed by atoms with Crippen LogP contribution in [0, 0.1) is 6.92 Å². The summed E-state index contributed by atoms with van der Waals surface area (Å²) in [7, 11) is -3.14. The van der Waals surface area contributed by atoms with Crippen molar-refractivity contribution in [3.8, 4) is 0 Å². The Morgan fingerprint density at radius 1 is 1.39 bits per heavy atom. The van der Waals surface area contributed by atoms with Crippen LogP contribution in [0.15, 0.2) is 12.1 Å². The van der Waals surface area contributed by atoms with Gasteiger partial charge in [-0.3, -0.25) is 4.90 Å². The zero-order valence-electron chi connectivity index (χ0n) is 13.9. The second kappa shape index (κ2) is 6.80. The van der Waals surface area contributed by atoms with Gasteiger partial charge in [-0.2, -0.15) is 0 Å². The summed E-state index contributed by atoms with van der Waals surface area (Å²) in [5.41, 5.74) is -0.136. The predicted octanol–water partition coefficient (Wildman–Crippen LogP) is 2.12. The van der Waals surface area contributed by atoms with E-state index >= 15 is 0 Å². The van der Waals surface area contributed by atoms with Gasteiger partial charge in [-0.15, -0.1) is 11.3 Å². The molecule has 130 valence electrons. The zero-order valence-corrected chi connectivity index (χ0v) is 15.5. The molecule has 0 radical (unpaired) electrons. The molecule has 1 N–H and O–H groups in total. The number of nitrogens with zero attached hydrogens (tertiary/aromatic N) is 1. The predicted molar refractivity (Wildman–Crippen MR) is 93.3 cm³/mol. The van der Waals surface area contributed by atoms with Crippen molar-refractivity contribution in [2.45, 2.75) is 50.8 Å². The van der Waals surface area contributed by atoms with Gasteiger partial charge in [0.2, 0.25) is 10.0 Å². The van der Waals surface area contributed by atoms with E-state index in [0.717, 1.165) is 45.3 Å². The van der Waals surface area contributed by atoms with Gasteiger partial charge in [0.15, 0.2) is 0 Å². The average molecular weight is 359 g/mol. The van der Waals surface area contributed by atoms with Gasteiger partial charge >= 0.3 is 0 Å². The van der Waals surface area contributed by atoms with Crippen molar-refractivity contribution < 1.29 is 13.2 Å². The molecule has 0 saturated carbocycles. The minimum atomic E-state index is -3.14. The maximum absolute atomic E-state index is 11.5. The van der Waals surface area contributed by atoms with E-state index in [9.17, 15) is 8.42 Å². The Kier molecular flexibility index (Phi) is 5.13. The molecule has 1 spiro atoms. The Balaban J connectivity index is 1.54. The van der Waals surface area contributed by atoms with Crippen LogP contribution in [0.5, 0.6) is 0 Å². The standard InChI is InChI=1S/C16H26N2O3S2/c1-13-3-4-15(22-13)12-18-8-6-16(7-9-18)11-14(5-10-21-16)17-23(2,19)20/h3-4,14,17H,5-12H2,1-2H3/t14-/m0/s1. The fourth-order valence-electron chi connectivity index (χ4n) is 3.69. The van der Waals surface area contributed by atoms with Gasteiger partial charge in [0.25, 0.3) is 0 Å². The molecule has 1 aromatic rings. The zero-order chi connectivity index (χ0) is 16.5. The fourth-order valence-corrected chi connectivity index (χ4v) is 5.43. The number of hydrogen-bond acceptors (Lipinski definition) is 5. The van der Waals surface area contributed by atoms with E-state index in [0.29, 0.717) is 6.61 Å². The number of ether oxygens (including phenoxy) is 1. The third-order valence-corrected chi connectivity index (χ3v) is 6.56. The van der Waals surface area contributed by atoms with E-state index < -0.39 is 10.0 Å². The molecule has 7 heteroatoms. The van der Waals surface area contributed by atoms with Gasteiger partial charge < -0.3 is 4.74 Å². The van der Waals surface area contributed by atoms with Crippen molar-refractivity contribution >= 4 is 21.4 Å². The minimum absolute atomic E-state index is 0.0187. The van der Waals surface area contributed by atoms with Crippen LogP contribution in [0.4, 0.5) is 0 Å². The van der Waals surface area contributed by atoms with Gasteiger partial charge in [-0.05, 0) is 44.7 Å². The second-order valence-electron chi connectivity index (χ2n) is 6.90. The van der Waals surface area contributed by atoms with Crippen LogP contribution in [0.25, 0.3) is 0 Å². The van der Waals surface area contributed by atoms with E-state index in [2.05, 4.69) is 28.7 Å². The lowest BCUT2D eigenvalue weighted by Gasteiger charge is -2.46. The van der Waals surface area contributed by atoms with Crippen LogP contribution in [0.3, 0.4) is 0 Å². The molecule has 2 aliphatic rings. The number of rotatable bonds is 4. The van der Waals surface area contributed by atoms with Crippen LogP contribution < -0.4 is 4.72 Å². The molecule has 0 bridgehead atoms. The van der Waals surface area contributed by atoms with Crippen molar-refractivity contribution in [3.63, 3.8) is 0 Å². The Labute approximate surface area is 143 Å². The highest BCUT2D eigenvalue weighted by Crippen LogP contribution is 2.35. The van der Waals surface area contributed by atoms with Gasteiger partial charge in [0.05, 0.1) is 11.9 Å². The molecule has 0 amide bonds. The average Bonchev–Trinajstić information content (AvgIpc) is 2.85. The molecular formula is C16H26N2O3S2. The second-order valence-corrected chi connectivity index (χ2v) is 10.1. The number of hydrogen-bond donors (Lipinski definition) is 1. The van der Waals surface area contributed by atoms with Crippen molar-refractivity contribution in [1.82, 2.24) is 9.62 Å². The van der Waals surface area contributed by atoms with E-state index in [-0.39, 0.29) is 11.6 Å². The number of nitrogens with one attached hydrogen (secondary N) is 1. The number of likely N-dealkylation sites (tertiary alicyclic amines) is 1. The summed E-state index contributed by atoms with van der Waals surface area (Å²) in [6, 6.07) is 4.41. The molecule has 5 nitrogen and oxygen atoms in total. The van der Waals surface area contributed by atoms with Gasteiger partial charge in [-0.25, -0.2) is 13.1 Å². The van der Waals surface area contributed by atoms with Gasteiger partial charge in [0, 0.05) is 42.0 Å². The molecule has 0 unspecified atom stereocenters. The molecule has 3 heterocycles. The Morgan fingerprint density at radius 3 is 2.74 bits per heavy atom. The molecule has 3 rings (SSSR count). The Morgan fingerprint density at radius 2 is 2.13 bits per heavy atom. The van der Waals surface area contributed by atoms with Crippen LogP contribution >= 0.6 is 11.3 Å². The summed E-state index contributed by atoms with van der Waals surface area (Å²) in [6.07, 6.45) is 4.78. The first-order chi connectivity index (χ1) is 10.8. The number of aryl methyl sites for hydroxylation is 1. The molecule has 2 fully saturated rings. The van der Waals surface area contributed by atoms with Crippen molar-refractivity contribution in [1.29, 1.82) is 0 Å². The van der Waals surface area contributed by atoms with Crippen LogP contribution in [-0.4, -0.2) is 50.9 Å². The normalized spacial score (nSPS) is 25.7. The summed E-state index contributed by atoms with van der Waals surface area (Å²) in [5, 5.41) is 0. The topological polar surface area (TPSA) is 58.6 Å². The number of thiophene rings is 1. The number of sulfonamides is 1. The van der Waals surface area contributed by atoms with E-state index in [1.807, 2.05) is 11.3 Å².